The van der Waals surface area contributed by atoms with Gasteiger partial charge in [-0.1, -0.05) is 158 Å². The number of phenolic OH excluding ortho intramolecular Hbond substituents is 1. The quantitative estimate of drug-likeness (QED) is 0.105. The Morgan fingerprint density at radius 1 is 0.456 bits per heavy atom. The number of benzene rings is 7. The summed E-state index contributed by atoms with van der Waals surface area (Å²) in [4.78, 5) is 0. The fourth-order valence-corrected chi connectivity index (χ4v) is 6.80. The van der Waals surface area contributed by atoms with Gasteiger partial charge in [0.15, 0.2) is 29.1 Å². The Labute approximate surface area is 333 Å². The van der Waals surface area contributed by atoms with Crippen molar-refractivity contribution in [3.05, 3.63) is 215 Å². The molecule has 0 aliphatic carbocycles. The molecule has 1 aliphatic rings. The summed E-state index contributed by atoms with van der Waals surface area (Å²) < 4.78 is 39.2. The summed E-state index contributed by atoms with van der Waals surface area (Å²) in [6.45, 7) is 1.61. The fraction of sp³-hybridized carbons (Fsp3) is 0.160. The molecule has 8 rings (SSSR count). The Kier molecular flexibility index (Phi) is 11.9. The second kappa shape index (κ2) is 18.3. The Bertz CT molecular complexity index is 2320. The van der Waals surface area contributed by atoms with Crippen LogP contribution in [-0.4, -0.2) is 11.2 Å². The van der Waals surface area contributed by atoms with Crippen LogP contribution in [0.5, 0.6) is 34.5 Å². The number of ether oxygens (including phenoxy) is 6. The molecule has 2 atom stereocenters. The van der Waals surface area contributed by atoms with Gasteiger partial charge < -0.3 is 33.5 Å². The fourth-order valence-electron chi connectivity index (χ4n) is 6.80. The van der Waals surface area contributed by atoms with E-state index in [4.69, 9.17) is 28.4 Å². The highest BCUT2D eigenvalue weighted by Crippen LogP contribution is 2.50. The van der Waals surface area contributed by atoms with Gasteiger partial charge in [0, 0.05) is 18.1 Å². The van der Waals surface area contributed by atoms with Gasteiger partial charge in [-0.15, -0.1) is 0 Å². The van der Waals surface area contributed by atoms with Gasteiger partial charge in [-0.2, -0.15) is 0 Å². The summed E-state index contributed by atoms with van der Waals surface area (Å²) in [5, 5.41) is 11.8. The zero-order chi connectivity index (χ0) is 38.7. The van der Waals surface area contributed by atoms with Crippen LogP contribution in [-0.2, 0) is 44.2 Å². The van der Waals surface area contributed by atoms with Crippen LogP contribution >= 0.6 is 0 Å². The molecule has 0 radical (unpaired) electrons. The molecule has 1 heterocycles. The lowest BCUT2D eigenvalue weighted by molar-refractivity contribution is -0.0469. The molecular formula is C50H44O7. The first-order valence-corrected chi connectivity index (χ1v) is 19.2. The molecule has 7 heteroatoms. The van der Waals surface area contributed by atoms with Crippen LogP contribution in [0.1, 0.15) is 45.0 Å². The lowest BCUT2D eigenvalue weighted by atomic mass is 9.93. The van der Waals surface area contributed by atoms with Crippen molar-refractivity contribution < 1.29 is 33.5 Å². The van der Waals surface area contributed by atoms with E-state index in [9.17, 15) is 5.11 Å². The SMILES string of the molecule is Oc1c(OCc2ccccc2)cc2c(c1OCc1ccccc1)C[C@H](OCc1ccccc1)[C@@H](c1ccc(OCc3ccccc3)c(OCc3ccccc3)c1)O2. The Balaban J connectivity index is 1.15. The van der Waals surface area contributed by atoms with Crippen molar-refractivity contribution in [3.63, 3.8) is 0 Å². The molecule has 0 bridgehead atoms. The average molecular weight is 757 g/mol. The highest BCUT2D eigenvalue weighted by atomic mass is 16.6. The minimum absolute atomic E-state index is 0.0824. The minimum Gasteiger partial charge on any atom is -0.502 e. The lowest BCUT2D eigenvalue weighted by Crippen LogP contribution is -2.33. The lowest BCUT2D eigenvalue weighted by Gasteiger charge is -2.35. The molecule has 0 aromatic heterocycles. The van der Waals surface area contributed by atoms with Crippen molar-refractivity contribution in [1.82, 2.24) is 0 Å². The summed E-state index contributed by atoms with van der Waals surface area (Å²) in [5.41, 5.74) is 6.60. The van der Waals surface area contributed by atoms with Gasteiger partial charge in [0.1, 0.15) is 38.3 Å². The van der Waals surface area contributed by atoms with E-state index >= 15 is 0 Å². The third kappa shape index (κ3) is 9.58. The third-order valence-electron chi connectivity index (χ3n) is 9.82. The monoisotopic (exact) mass is 756 g/mol. The first-order valence-electron chi connectivity index (χ1n) is 19.2. The van der Waals surface area contributed by atoms with Crippen LogP contribution in [0.25, 0.3) is 0 Å². The average Bonchev–Trinajstić information content (AvgIpc) is 3.27. The highest BCUT2D eigenvalue weighted by Gasteiger charge is 2.37. The van der Waals surface area contributed by atoms with Crippen LogP contribution in [0.15, 0.2) is 176 Å². The van der Waals surface area contributed by atoms with E-state index in [0.29, 0.717) is 54.8 Å². The minimum atomic E-state index is -0.558. The number of hydrogen-bond acceptors (Lipinski definition) is 7. The molecule has 7 aromatic rings. The summed E-state index contributed by atoms with van der Waals surface area (Å²) in [7, 11) is 0. The standard InChI is InChI=1S/C50H44O7/c51-48-46(54-33-38-20-10-3-11-21-38)30-44-42(50(48)56-35-40-24-14-5-15-25-40)29-47(55-34-39-22-12-4-13-23-39)49(57-44)41-26-27-43(52-31-36-16-6-1-7-17-36)45(28-41)53-32-37-18-8-2-9-19-37/h1-28,30,47,49,51H,29,31-35H2/t47-,49+/m0/s1. The number of hydrogen-bond donors (Lipinski definition) is 1. The molecule has 0 saturated heterocycles. The van der Waals surface area contributed by atoms with E-state index in [-0.39, 0.29) is 24.7 Å². The van der Waals surface area contributed by atoms with Gasteiger partial charge in [0.25, 0.3) is 0 Å². The van der Waals surface area contributed by atoms with Crippen LogP contribution in [0.3, 0.4) is 0 Å². The van der Waals surface area contributed by atoms with Gasteiger partial charge in [-0.25, -0.2) is 0 Å². The maximum atomic E-state index is 11.8. The van der Waals surface area contributed by atoms with Crippen molar-refractivity contribution in [3.8, 4) is 34.5 Å². The van der Waals surface area contributed by atoms with Crippen LogP contribution in [0, 0.1) is 0 Å². The predicted molar refractivity (Wildman–Crippen MR) is 220 cm³/mol. The third-order valence-corrected chi connectivity index (χ3v) is 9.82. The molecule has 286 valence electrons. The summed E-state index contributed by atoms with van der Waals surface area (Å²) in [6.07, 6.45) is -0.627. The van der Waals surface area contributed by atoms with Crippen molar-refractivity contribution in [2.45, 2.75) is 51.7 Å². The number of rotatable bonds is 16. The van der Waals surface area contributed by atoms with Crippen molar-refractivity contribution in [2.75, 3.05) is 0 Å². The van der Waals surface area contributed by atoms with E-state index in [2.05, 4.69) is 0 Å². The summed E-state index contributed by atoms with van der Waals surface area (Å²) in [5.74, 6) is 2.24. The molecule has 0 spiro atoms. The topological polar surface area (TPSA) is 75.6 Å². The number of phenols is 1. The van der Waals surface area contributed by atoms with Crippen molar-refractivity contribution in [2.24, 2.45) is 0 Å². The van der Waals surface area contributed by atoms with Gasteiger partial charge in [0.05, 0.1) is 6.61 Å². The van der Waals surface area contributed by atoms with Gasteiger partial charge in [-0.05, 0) is 45.5 Å². The zero-order valence-electron chi connectivity index (χ0n) is 31.5. The smallest absolute Gasteiger partial charge is 0.201 e. The largest absolute Gasteiger partial charge is 0.502 e. The number of aromatic hydroxyl groups is 1. The van der Waals surface area contributed by atoms with E-state index in [1.807, 2.05) is 170 Å². The van der Waals surface area contributed by atoms with E-state index in [0.717, 1.165) is 33.4 Å². The van der Waals surface area contributed by atoms with Gasteiger partial charge in [0.2, 0.25) is 5.75 Å². The highest BCUT2D eigenvalue weighted by molar-refractivity contribution is 5.62. The molecule has 1 aliphatic heterocycles. The van der Waals surface area contributed by atoms with Crippen LogP contribution < -0.4 is 23.7 Å². The molecule has 0 unspecified atom stereocenters. The normalized spacial score (nSPS) is 14.5. The first-order chi connectivity index (χ1) is 28.2. The molecule has 0 fully saturated rings. The van der Waals surface area contributed by atoms with Gasteiger partial charge in [-0.3, -0.25) is 0 Å². The van der Waals surface area contributed by atoms with E-state index in [1.54, 1.807) is 6.07 Å². The molecule has 7 aromatic carbocycles. The molecule has 7 nitrogen and oxygen atoms in total. The maximum absolute atomic E-state index is 11.8. The molecule has 1 N–H and O–H groups in total. The summed E-state index contributed by atoms with van der Waals surface area (Å²) in [6, 6.07) is 57.6. The molecule has 57 heavy (non-hydrogen) atoms. The van der Waals surface area contributed by atoms with Crippen LogP contribution in [0.4, 0.5) is 0 Å². The second-order valence-corrected chi connectivity index (χ2v) is 13.9. The van der Waals surface area contributed by atoms with E-state index < -0.39 is 12.2 Å². The Hall–Kier alpha value is -6.70. The summed E-state index contributed by atoms with van der Waals surface area (Å²) >= 11 is 0. The van der Waals surface area contributed by atoms with Crippen LogP contribution in [0.2, 0.25) is 0 Å². The number of fused-ring (bicyclic) bond motifs is 1. The van der Waals surface area contributed by atoms with Gasteiger partial charge >= 0.3 is 0 Å². The molecule has 0 saturated carbocycles. The predicted octanol–water partition coefficient (Wildman–Crippen LogP) is 11.0. The van der Waals surface area contributed by atoms with Crippen molar-refractivity contribution >= 4 is 0 Å². The maximum Gasteiger partial charge on any atom is 0.201 e. The zero-order valence-corrected chi connectivity index (χ0v) is 31.5. The van der Waals surface area contributed by atoms with Crippen molar-refractivity contribution in [1.29, 1.82) is 0 Å². The molecular weight excluding hydrogens is 713 g/mol. The second-order valence-electron chi connectivity index (χ2n) is 13.9. The first kappa shape index (κ1) is 37.2. The Morgan fingerprint density at radius 2 is 0.895 bits per heavy atom. The Morgan fingerprint density at radius 3 is 1.40 bits per heavy atom. The van der Waals surface area contributed by atoms with E-state index in [1.165, 1.54) is 0 Å². The molecule has 0 amide bonds.